The second kappa shape index (κ2) is 6.48. The molecule has 0 saturated carbocycles. The fourth-order valence-electron chi connectivity index (χ4n) is 1.93. The predicted octanol–water partition coefficient (Wildman–Crippen LogP) is 3.12. The Morgan fingerprint density at radius 2 is 2.16 bits per heavy atom. The van der Waals surface area contributed by atoms with Gasteiger partial charge in [-0.3, -0.25) is 4.79 Å². The van der Waals surface area contributed by atoms with E-state index in [2.05, 4.69) is 21.2 Å². The van der Waals surface area contributed by atoms with Crippen LogP contribution < -0.4 is 5.32 Å². The number of hydrogen-bond donors (Lipinski definition) is 2. The van der Waals surface area contributed by atoms with Crippen molar-refractivity contribution < 1.29 is 14.3 Å². The molecule has 5 heteroatoms. The summed E-state index contributed by atoms with van der Waals surface area (Å²) in [4.78, 5) is 11.9. The van der Waals surface area contributed by atoms with Crippen LogP contribution in [0.25, 0.3) is 0 Å². The molecule has 0 spiro atoms. The maximum atomic E-state index is 13.1. The van der Waals surface area contributed by atoms with Crippen LogP contribution in [0.2, 0.25) is 0 Å². The van der Waals surface area contributed by atoms with E-state index in [4.69, 9.17) is 0 Å². The number of benzene rings is 1. The Bertz CT molecular complexity index is 461. The maximum Gasteiger partial charge on any atom is 0.251 e. The highest BCUT2D eigenvalue weighted by Gasteiger charge is 2.21. The molecule has 1 atom stereocenters. The first-order chi connectivity index (χ1) is 8.71. The van der Waals surface area contributed by atoms with Gasteiger partial charge in [0.25, 0.3) is 5.91 Å². The van der Waals surface area contributed by atoms with E-state index in [1.54, 1.807) is 6.92 Å². The van der Waals surface area contributed by atoms with Crippen molar-refractivity contribution in [3.63, 3.8) is 0 Å². The van der Waals surface area contributed by atoms with Crippen molar-refractivity contribution in [2.75, 3.05) is 6.54 Å². The number of amides is 1. The van der Waals surface area contributed by atoms with E-state index < -0.39 is 11.9 Å². The van der Waals surface area contributed by atoms with Gasteiger partial charge in [0.05, 0.1) is 10.6 Å². The number of rotatable bonds is 5. The third kappa shape index (κ3) is 5.28. The lowest BCUT2D eigenvalue weighted by Gasteiger charge is -2.26. The smallest absolute Gasteiger partial charge is 0.251 e. The fraction of sp³-hybridized carbons (Fsp3) is 0.500. The van der Waals surface area contributed by atoms with Gasteiger partial charge in [-0.1, -0.05) is 13.8 Å². The van der Waals surface area contributed by atoms with Gasteiger partial charge in [0, 0.05) is 12.1 Å². The topological polar surface area (TPSA) is 49.3 Å². The van der Waals surface area contributed by atoms with Crippen LogP contribution in [0, 0.1) is 11.2 Å². The van der Waals surface area contributed by atoms with E-state index in [1.807, 2.05) is 13.8 Å². The minimum absolute atomic E-state index is 0.193. The maximum absolute atomic E-state index is 13.1. The Labute approximate surface area is 121 Å². The molecule has 0 radical (unpaired) electrons. The molecule has 0 aliphatic heterocycles. The zero-order chi connectivity index (χ0) is 14.6. The lowest BCUT2D eigenvalue weighted by atomic mass is 9.87. The molecule has 0 bridgehead atoms. The summed E-state index contributed by atoms with van der Waals surface area (Å²) in [7, 11) is 0. The first-order valence-corrected chi connectivity index (χ1v) is 6.92. The number of nitrogens with one attached hydrogen (secondary N) is 1. The van der Waals surface area contributed by atoms with Crippen LogP contribution in [-0.4, -0.2) is 23.7 Å². The van der Waals surface area contributed by atoms with Crippen molar-refractivity contribution in [2.24, 2.45) is 5.41 Å². The zero-order valence-electron chi connectivity index (χ0n) is 11.3. The van der Waals surface area contributed by atoms with E-state index in [1.165, 1.54) is 18.2 Å². The summed E-state index contributed by atoms with van der Waals surface area (Å²) in [5.74, 6) is -0.648. The molecular weight excluding hydrogens is 313 g/mol. The van der Waals surface area contributed by atoms with Crippen molar-refractivity contribution >= 4 is 21.8 Å². The molecule has 0 heterocycles. The number of hydrogen-bond acceptors (Lipinski definition) is 2. The van der Waals surface area contributed by atoms with Crippen LogP contribution in [0.5, 0.6) is 0 Å². The van der Waals surface area contributed by atoms with Gasteiger partial charge in [0.15, 0.2) is 0 Å². The third-order valence-corrected chi connectivity index (χ3v) is 3.36. The summed E-state index contributed by atoms with van der Waals surface area (Å²) >= 11 is 3.05. The highest BCUT2D eigenvalue weighted by atomic mass is 79.9. The minimum atomic E-state index is -0.410. The van der Waals surface area contributed by atoms with Crippen molar-refractivity contribution in [3.8, 4) is 0 Å². The van der Waals surface area contributed by atoms with E-state index in [9.17, 15) is 14.3 Å². The highest BCUT2D eigenvalue weighted by Crippen LogP contribution is 2.21. The first kappa shape index (κ1) is 16.1. The Kier molecular flexibility index (Phi) is 5.50. The zero-order valence-corrected chi connectivity index (χ0v) is 12.9. The summed E-state index contributed by atoms with van der Waals surface area (Å²) < 4.78 is 13.3. The Morgan fingerprint density at radius 3 is 2.68 bits per heavy atom. The lowest BCUT2D eigenvalue weighted by Crippen LogP contribution is -2.35. The Hall–Kier alpha value is -0.940. The molecule has 0 aliphatic rings. The summed E-state index contributed by atoms with van der Waals surface area (Å²) in [5.41, 5.74) is 0.210. The summed E-state index contributed by atoms with van der Waals surface area (Å²) in [6.07, 6.45) is 0.187. The molecule has 1 unspecified atom stereocenters. The quantitative estimate of drug-likeness (QED) is 0.870. The average Bonchev–Trinajstić information content (AvgIpc) is 2.28. The van der Waals surface area contributed by atoms with Crippen molar-refractivity contribution in [1.29, 1.82) is 0 Å². The van der Waals surface area contributed by atoms with Gasteiger partial charge >= 0.3 is 0 Å². The number of aliphatic hydroxyl groups excluding tert-OH is 1. The molecule has 19 heavy (non-hydrogen) atoms. The van der Waals surface area contributed by atoms with Gasteiger partial charge in [-0.15, -0.1) is 0 Å². The summed E-state index contributed by atoms with van der Waals surface area (Å²) in [5, 5.41) is 12.2. The van der Waals surface area contributed by atoms with Crippen molar-refractivity contribution in [3.05, 3.63) is 34.1 Å². The molecule has 106 valence electrons. The monoisotopic (exact) mass is 331 g/mol. The molecule has 1 rings (SSSR count). The molecule has 0 aliphatic carbocycles. The first-order valence-electron chi connectivity index (χ1n) is 6.12. The Morgan fingerprint density at radius 1 is 1.53 bits per heavy atom. The molecule has 1 amide bonds. The average molecular weight is 332 g/mol. The largest absolute Gasteiger partial charge is 0.393 e. The number of halogens is 2. The van der Waals surface area contributed by atoms with Crippen molar-refractivity contribution in [2.45, 2.75) is 33.3 Å². The highest BCUT2D eigenvalue weighted by molar-refractivity contribution is 9.10. The van der Waals surface area contributed by atoms with Crippen LogP contribution in [0.15, 0.2) is 22.7 Å². The van der Waals surface area contributed by atoms with Crippen LogP contribution in [0.1, 0.15) is 37.6 Å². The van der Waals surface area contributed by atoms with E-state index in [0.29, 0.717) is 18.5 Å². The molecule has 0 aromatic heterocycles. The molecule has 3 nitrogen and oxygen atoms in total. The van der Waals surface area contributed by atoms with Crippen LogP contribution in [0.3, 0.4) is 0 Å². The molecule has 0 saturated heterocycles. The van der Waals surface area contributed by atoms with Crippen LogP contribution in [0.4, 0.5) is 4.39 Å². The number of carbonyl (C=O) groups excluding carboxylic acids is 1. The van der Waals surface area contributed by atoms with E-state index >= 15 is 0 Å². The predicted molar refractivity (Wildman–Crippen MR) is 76.5 cm³/mol. The molecule has 2 N–H and O–H groups in total. The van der Waals surface area contributed by atoms with Gasteiger partial charge in [-0.2, -0.15) is 0 Å². The summed E-state index contributed by atoms with van der Waals surface area (Å²) in [6, 6.07) is 4.14. The van der Waals surface area contributed by atoms with Crippen molar-refractivity contribution in [1.82, 2.24) is 5.32 Å². The van der Waals surface area contributed by atoms with Crippen LogP contribution in [-0.2, 0) is 0 Å². The normalized spacial score (nSPS) is 13.2. The minimum Gasteiger partial charge on any atom is -0.393 e. The summed E-state index contributed by atoms with van der Waals surface area (Å²) in [6.45, 7) is 6.12. The van der Waals surface area contributed by atoms with Gasteiger partial charge in [-0.05, 0) is 52.9 Å². The van der Waals surface area contributed by atoms with Crippen LogP contribution >= 0.6 is 15.9 Å². The second-order valence-electron chi connectivity index (χ2n) is 5.53. The van der Waals surface area contributed by atoms with Gasteiger partial charge in [0.1, 0.15) is 5.82 Å². The fourth-order valence-corrected chi connectivity index (χ4v) is 2.31. The van der Waals surface area contributed by atoms with Gasteiger partial charge < -0.3 is 10.4 Å². The van der Waals surface area contributed by atoms with Gasteiger partial charge in [0.2, 0.25) is 0 Å². The number of aliphatic hydroxyl groups is 1. The standard InChI is InChI=1S/C14H19BrFNO2/c1-9(18)7-14(2,3)8-17-13(19)10-4-5-12(16)11(15)6-10/h4-6,9,18H,7-8H2,1-3H3,(H,17,19). The van der Waals surface area contributed by atoms with E-state index in [-0.39, 0.29) is 15.8 Å². The molecule has 1 aromatic rings. The molecular formula is C14H19BrFNO2. The second-order valence-corrected chi connectivity index (χ2v) is 6.38. The molecule has 0 fully saturated rings. The Balaban J connectivity index is 2.62. The van der Waals surface area contributed by atoms with Gasteiger partial charge in [-0.25, -0.2) is 4.39 Å². The third-order valence-electron chi connectivity index (χ3n) is 2.76. The molecule has 1 aromatic carbocycles. The lowest BCUT2D eigenvalue weighted by molar-refractivity contribution is 0.0902. The van der Waals surface area contributed by atoms with E-state index in [0.717, 1.165) is 0 Å². The number of carbonyl (C=O) groups is 1. The SMILES string of the molecule is CC(O)CC(C)(C)CNC(=O)c1ccc(F)c(Br)c1.